The highest BCUT2D eigenvalue weighted by Crippen LogP contribution is 2.26. The Kier molecular flexibility index (Phi) is 4.60. The summed E-state index contributed by atoms with van der Waals surface area (Å²) in [5, 5.41) is 14.2. The molecular formula is C14H17ClN2O3. The maximum absolute atomic E-state index is 12.2. The number of halogens is 1. The molecule has 0 aliphatic heterocycles. The summed E-state index contributed by atoms with van der Waals surface area (Å²) in [5.74, 6) is 0.00572. The van der Waals surface area contributed by atoms with Gasteiger partial charge in [-0.25, -0.2) is 0 Å². The van der Waals surface area contributed by atoms with E-state index < -0.39 is 10.8 Å². The van der Waals surface area contributed by atoms with Gasteiger partial charge in [0.15, 0.2) is 0 Å². The van der Waals surface area contributed by atoms with E-state index in [0.29, 0.717) is 5.92 Å². The summed E-state index contributed by atoms with van der Waals surface area (Å²) in [7, 11) is 0. The fraction of sp³-hybridized carbons (Fsp3) is 0.500. The summed E-state index contributed by atoms with van der Waals surface area (Å²) < 4.78 is 0. The lowest BCUT2D eigenvalue weighted by Gasteiger charge is -2.29. The van der Waals surface area contributed by atoms with Gasteiger partial charge >= 0.3 is 0 Å². The van der Waals surface area contributed by atoms with Gasteiger partial charge in [-0.2, -0.15) is 0 Å². The summed E-state index contributed by atoms with van der Waals surface area (Å²) >= 11 is 5.74. The summed E-state index contributed by atoms with van der Waals surface area (Å²) in [5.41, 5.74) is -0.185. The second kappa shape index (κ2) is 6.22. The number of nitrogens with one attached hydrogen (secondary N) is 1. The lowest BCUT2D eigenvalue weighted by Crippen LogP contribution is -2.41. The van der Waals surface area contributed by atoms with Gasteiger partial charge in [-0.05, 0) is 30.9 Å². The van der Waals surface area contributed by atoms with Gasteiger partial charge in [0.25, 0.3) is 11.6 Å². The molecule has 0 heterocycles. The van der Waals surface area contributed by atoms with Crippen molar-refractivity contribution in [3.63, 3.8) is 0 Å². The molecule has 0 spiro atoms. The lowest BCUT2D eigenvalue weighted by atomic mass is 9.86. The molecule has 5 nitrogen and oxygen atoms in total. The van der Waals surface area contributed by atoms with Crippen molar-refractivity contribution in [2.45, 2.75) is 38.6 Å². The third-order valence-electron chi connectivity index (χ3n) is 3.83. The van der Waals surface area contributed by atoms with Crippen LogP contribution in [-0.2, 0) is 0 Å². The number of carbonyl (C=O) groups excluding carboxylic acids is 1. The molecule has 0 aromatic heterocycles. The van der Waals surface area contributed by atoms with Crippen LogP contribution in [0.5, 0.6) is 0 Å². The quantitative estimate of drug-likeness (QED) is 0.684. The molecule has 108 valence electrons. The molecule has 20 heavy (non-hydrogen) atoms. The van der Waals surface area contributed by atoms with Gasteiger partial charge < -0.3 is 5.32 Å². The average molecular weight is 297 g/mol. The summed E-state index contributed by atoms with van der Waals surface area (Å²) in [6.07, 6.45) is 4.26. The van der Waals surface area contributed by atoms with E-state index in [0.717, 1.165) is 19.3 Å². The normalized spacial score (nSPS) is 22.3. The smallest absolute Gasteiger partial charge is 0.283 e. The number of hydrogen-bond acceptors (Lipinski definition) is 3. The number of nitrogens with zero attached hydrogens (tertiary/aromatic N) is 1. The van der Waals surface area contributed by atoms with Gasteiger partial charge in [0.1, 0.15) is 5.56 Å². The number of nitro groups is 1. The van der Waals surface area contributed by atoms with Gasteiger partial charge in [0.05, 0.1) is 4.92 Å². The molecule has 1 aliphatic rings. The van der Waals surface area contributed by atoms with Crippen molar-refractivity contribution < 1.29 is 9.72 Å². The van der Waals surface area contributed by atoms with Crippen LogP contribution in [0.25, 0.3) is 0 Å². The molecule has 1 aliphatic carbocycles. The van der Waals surface area contributed by atoms with Crippen LogP contribution in [0.2, 0.25) is 5.02 Å². The van der Waals surface area contributed by atoms with Crippen LogP contribution < -0.4 is 5.32 Å². The molecule has 0 bridgehead atoms. The highest BCUT2D eigenvalue weighted by molar-refractivity contribution is 6.31. The second-order valence-electron chi connectivity index (χ2n) is 5.26. The monoisotopic (exact) mass is 296 g/mol. The number of carbonyl (C=O) groups is 1. The Bertz CT molecular complexity index is 533. The molecule has 1 saturated carbocycles. The SMILES string of the molecule is C[C@@H]1CCCC[C@@H]1NC(=O)c1ccc(Cl)cc1[N+](=O)[O-]. The van der Waals surface area contributed by atoms with Gasteiger partial charge in [-0.3, -0.25) is 14.9 Å². The number of hydrogen-bond donors (Lipinski definition) is 1. The Hall–Kier alpha value is -1.62. The largest absolute Gasteiger partial charge is 0.349 e. The Morgan fingerprint density at radius 2 is 2.10 bits per heavy atom. The van der Waals surface area contributed by atoms with E-state index in [4.69, 9.17) is 11.6 Å². The molecule has 1 fully saturated rings. The maximum atomic E-state index is 12.2. The van der Waals surface area contributed by atoms with Crippen LogP contribution >= 0.6 is 11.6 Å². The molecule has 2 rings (SSSR count). The van der Waals surface area contributed by atoms with Crippen LogP contribution in [0.3, 0.4) is 0 Å². The number of benzene rings is 1. The molecular weight excluding hydrogens is 280 g/mol. The van der Waals surface area contributed by atoms with E-state index >= 15 is 0 Å². The number of nitro benzene ring substituents is 1. The zero-order chi connectivity index (χ0) is 14.7. The Labute approximate surface area is 122 Å². The van der Waals surface area contributed by atoms with E-state index in [1.165, 1.54) is 24.6 Å². The van der Waals surface area contributed by atoms with Crippen LogP contribution in [0.1, 0.15) is 43.0 Å². The van der Waals surface area contributed by atoms with Crippen LogP contribution in [0, 0.1) is 16.0 Å². The summed E-state index contributed by atoms with van der Waals surface area (Å²) in [6, 6.07) is 4.20. The van der Waals surface area contributed by atoms with Crippen molar-refractivity contribution in [3.8, 4) is 0 Å². The van der Waals surface area contributed by atoms with Gasteiger partial charge in [0.2, 0.25) is 0 Å². The standard InChI is InChI=1S/C14H17ClN2O3/c1-9-4-2-3-5-12(9)16-14(18)11-7-6-10(15)8-13(11)17(19)20/h6-9,12H,2-5H2,1H3,(H,16,18)/t9-,12+/m1/s1. The first-order chi connectivity index (χ1) is 9.49. The van der Waals surface area contributed by atoms with Crippen molar-refractivity contribution in [2.24, 2.45) is 5.92 Å². The van der Waals surface area contributed by atoms with E-state index in [2.05, 4.69) is 12.2 Å². The van der Waals surface area contributed by atoms with Crippen LogP contribution in [-0.4, -0.2) is 16.9 Å². The van der Waals surface area contributed by atoms with Gasteiger partial charge in [-0.1, -0.05) is 31.4 Å². The Balaban J connectivity index is 2.18. The molecule has 6 heteroatoms. The topological polar surface area (TPSA) is 72.2 Å². The highest BCUT2D eigenvalue weighted by Gasteiger charge is 2.26. The van der Waals surface area contributed by atoms with E-state index in [-0.39, 0.29) is 22.3 Å². The number of amides is 1. The molecule has 0 radical (unpaired) electrons. The summed E-state index contributed by atoms with van der Waals surface area (Å²) in [6.45, 7) is 2.10. The van der Waals surface area contributed by atoms with Crippen LogP contribution in [0.4, 0.5) is 5.69 Å². The second-order valence-corrected chi connectivity index (χ2v) is 5.70. The Morgan fingerprint density at radius 1 is 1.40 bits per heavy atom. The Morgan fingerprint density at radius 3 is 2.75 bits per heavy atom. The molecule has 1 aromatic rings. The van der Waals surface area contributed by atoms with Gasteiger partial charge in [0, 0.05) is 17.1 Å². The molecule has 1 aromatic carbocycles. The van der Waals surface area contributed by atoms with Crippen molar-refractivity contribution in [2.75, 3.05) is 0 Å². The third kappa shape index (κ3) is 3.28. The fourth-order valence-electron chi connectivity index (χ4n) is 2.62. The van der Waals surface area contributed by atoms with E-state index in [1.54, 1.807) is 0 Å². The van der Waals surface area contributed by atoms with Gasteiger partial charge in [-0.15, -0.1) is 0 Å². The minimum atomic E-state index is -0.578. The third-order valence-corrected chi connectivity index (χ3v) is 4.06. The number of rotatable bonds is 3. The average Bonchev–Trinajstić information content (AvgIpc) is 2.41. The van der Waals surface area contributed by atoms with Crippen LogP contribution in [0.15, 0.2) is 18.2 Å². The van der Waals surface area contributed by atoms with Crippen molar-refractivity contribution in [1.82, 2.24) is 5.32 Å². The maximum Gasteiger partial charge on any atom is 0.283 e. The first-order valence-corrected chi connectivity index (χ1v) is 7.11. The highest BCUT2D eigenvalue weighted by atomic mass is 35.5. The first kappa shape index (κ1) is 14.8. The minimum Gasteiger partial charge on any atom is -0.349 e. The molecule has 1 amide bonds. The minimum absolute atomic E-state index is 0.0668. The summed E-state index contributed by atoms with van der Waals surface area (Å²) in [4.78, 5) is 22.7. The van der Waals surface area contributed by atoms with Crippen molar-refractivity contribution in [3.05, 3.63) is 38.9 Å². The molecule has 0 saturated heterocycles. The molecule has 1 N–H and O–H groups in total. The fourth-order valence-corrected chi connectivity index (χ4v) is 2.79. The van der Waals surface area contributed by atoms with Crippen molar-refractivity contribution >= 4 is 23.2 Å². The zero-order valence-electron chi connectivity index (χ0n) is 11.3. The predicted octanol–water partition coefficient (Wildman–Crippen LogP) is 3.56. The van der Waals surface area contributed by atoms with E-state index in [9.17, 15) is 14.9 Å². The predicted molar refractivity (Wildman–Crippen MR) is 77.0 cm³/mol. The molecule has 0 unspecified atom stereocenters. The van der Waals surface area contributed by atoms with Crippen molar-refractivity contribution in [1.29, 1.82) is 0 Å². The molecule has 2 atom stereocenters. The first-order valence-electron chi connectivity index (χ1n) is 6.74. The van der Waals surface area contributed by atoms with E-state index in [1.807, 2.05) is 0 Å². The zero-order valence-corrected chi connectivity index (χ0v) is 12.0. The lowest BCUT2D eigenvalue weighted by molar-refractivity contribution is -0.385.